The molecule has 1 aromatic carbocycles. The maximum atomic E-state index is 11.8. The van der Waals surface area contributed by atoms with Crippen LogP contribution in [-0.2, 0) is 14.6 Å². The van der Waals surface area contributed by atoms with E-state index < -0.39 is 21.4 Å². The molecule has 0 fully saturated rings. The molecule has 0 bridgehead atoms. The van der Waals surface area contributed by atoms with Gasteiger partial charge >= 0.3 is 0 Å². The Morgan fingerprint density at radius 3 is 2.47 bits per heavy atom. The van der Waals surface area contributed by atoms with Crippen LogP contribution in [0.15, 0.2) is 24.3 Å². The lowest BCUT2D eigenvalue weighted by molar-refractivity contribution is 0.102. The first kappa shape index (κ1) is 15.3. The van der Waals surface area contributed by atoms with Gasteiger partial charge in [-0.05, 0) is 18.6 Å². The first-order valence-corrected chi connectivity index (χ1v) is 7.53. The average molecular weight is 281 g/mol. The third kappa shape index (κ3) is 5.20. The summed E-state index contributed by atoms with van der Waals surface area (Å²) in [7, 11) is -1.92. The van der Waals surface area contributed by atoms with Crippen molar-refractivity contribution in [3.63, 3.8) is 0 Å². The summed E-state index contributed by atoms with van der Waals surface area (Å²) in [6.45, 7) is 0.351. The molecule has 0 N–H and O–H groups in total. The van der Waals surface area contributed by atoms with Crippen LogP contribution in [0.1, 0.15) is 22.3 Å². The molecule has 0 aliphatic rings. The first-order valence-electron chi connectivity index (χ1n) is 5.71. The summed E-state index contributed by atoms with van der Waals surface area (Å²) >= 11 is 0. The molecule has 19 heavy (non-hydrogen) atoms. The maximum absolute atomic E-state index is 11.8. The maximum Gasteiger partial charge on any atom is 0.177 e. The molecule has 0 heterocycles. The van der Waals surface area contributed by atoms with Gasteiger partial charge in [-0.1, -0.05) is 12.1 Å². The number of sulfone groups is 1. The number of rotatable bonds is 7. The minimum absolute atomic E-state index is 0.0666. The van der Waals surface area contributed by atoms with Crippen molar-refractivity contribution in [2.45, 2.75) is 6.42 Å². The summed E-state index contributed by atoms with van der Waals surface area (Å²) in [4.78, 5) is 11.8. The second kappa shape index (κ2) is 7.02. The van der Waals surface area contributed by atoms with Crippen LogP contribution < -0.4 is 0 Å². The third-order valence-electron chi connectivity index (χ3n) is 2.49. The molecule has 6 heteroatoms. The van der Waals surface area contributed by atoms with E-state index in [2.05, 4.69) is 0 Å². The van der Waals surface area contributed by atoms with Gasteiger partial charge in [-0.3, -0.25) is 4.79 Å². The van der Waals surface area contributed by atoms with E-state index >= 15 is 0 Å². The smallest absolute Gasteiger partial charge is 0.177 e. The second-order valence-corrected chi connectivity index (χ2v) is 6.23. The van der Waals surface area contributed by atoms with Crippen molar-refractivity contribution in [3.8, 4) is 6.07 Å². The summed E-state index contributed by atoms with van der Waals surface area (Å²) in [6.07, 6.45) is 0.374. The van der Waals surface area contributed by atoms with E-state index in [1.54, 1.807) is 0 Å². The summed E-state index contributed by atoms with van der Waals surface area (Å²) in [5.74, 6) is -1.03. The number of benzene rings is 1. The first-order chi connectivity index (χ1) is 8.98. The fourth-order valence-electron chi connectivity index (χ4n) is 1.51. The Labute approximate surface area is 112 Å². The van der Waals surface area contributed by atoms with E-state index in [-0.39, 0.29) is 5.75 Å². The van der Waals surface area contributed by atoms with Crippen molar-refractivity contribution >= 4 is 15.6 Å². The summed E-state index contributed by atoms with van der Waals surface area (Å²) < 4.78 is 28.1. The molecule has 0 spiro atoms. The van der Waals surface area contributed by atoms with Gasteiger partial charge in [-0.15, -0.1) is 0 Å². The largest absolute Gasteiger partial charge is 0.385 e. The van der Waals surface area contributed by atoms with Crippen LogP contribution in [0.2, 0.25) is 0 Å². The SMILES string of the molecule is COCCCS(=O)(=O)CC(=O)c1ccc(C#N)cc1. The zero-order valence-corrected chi connectivity index (χ0v) is 11.4. The molecule has 0 aromatic heterocycles. The highest BCUT2D eigenvalue weighted by Crippen LogP contribution is 2.07. The van der Waals surface area contributed by atoms with Crippen molar-refractivity contribution in [2.24, 2.45) is 0 Å². The van der Waals surface area contributed by atoms with E-state index in [1.165, 1.54) is 31.4 Å². The highest BCUT2D eigenvalue weighted by atomic mass is 32.2. The van der Waals surface area contributed by atoms with Gasteiger partial charge in [0.05, 0.1) is 17.4 Å². The Kier molecular flexibility index (Phi) is 5.67. The predicted molar refractivity (Wildman–Crippen MR) is 70.6 cm³/mol. The van der Waals surface area contributed by atoms with Gasteiger partial charge in [0.1, 0.15) is 5.75 Å². The fourth-order valence-corrected chi connectivity index (χ4v) is 2.78. The van der Waals surface area contributed by atoms with Gasteiger partial charge in [0.15, 0.2) is 15.6 Å². The van der Waals surface area contributed by atoms with Gasteiger partial charge < -0.3 is 4.74 Å². The lowest BCUT2D eigenvalue weighted by Crippen LogP contribution is -2.19. The van der Waals surface area contributed by atoms with Crippen LogP contribution in [0, 0.1) is 11.3 Å². The van der Waals surface area contributed by atoms with Crippen LogP contribution in [0.4, 0.5) is 0 Å². The van der Waals surface area contributed by atoms with Crippen LogP contribution in [-0.4, -0.2) is 39.4 Å². The average Bonchev–Trinajstić information content (AvgIpc) is 2.38. The standard InChI is InChI=1S/C13H15NO4S/c1-18-7-2-8-19(16,17)10-13(15)12-5-3-11(9-14)4-6-12/h3-6H,2,7-8,10H2,1H3. The fraction of sp³-hybridized carbons (Fsp3) is 0.385. The van der Waals surface area contributed by atoms with Crippen LogP contribution in [0.5, 0.6) is 0 Å². The van der Waals surface area contributed by atoms with Crippen LogP contribution in [0.25, 0.3) is 0 Å². The number of carbonyl (C=O) groups excluding carboxylic acids is 1. The Hall–Kier alpha value is -1.71. The molecule has 0 unspecified atom stereocenters. The zero-order valence-electron chi connectivity index (χ0n) is 10.6. The highest BCUT2D eigenvalue weighted by Gasteiger charge is 2.17. The molecule has 0 saturated carbocycles. The molecule has 1 aromatic rings. The van der Waals surface area contributed by atoms with Crippen molar-refractivity contribution in [1.29, 1.82) is 5.26 Å². The van der Waals surface area contributed by atoms with Crippen molar-refractivity contribution < 1.29 is 17.9 Å². The Morgan fingerprint density at radius 1 is 1.32 bits per heavy atom. The molecule has 0 atom stereocenters. The number of ether oxygens (including phenoxy) is 1. The minimum atomic E-state index is -3.41. The molecule has 1 rings (SSSR count). The molecule has 0 aliphatic heterocycles. The summed E-state index contributed by atoms with van der Waals surface area (Å²) in [5, 5.41) is 8.63. The topological polar surface area (TPSA) is 84.2 Å². The van der Waals surface area contributed by atoms with Crippen LogP contribution in [0.3, 0.4) is 0 Å². The number of methoxy groups -OCH3 is 1. The predicted octanol–water partition coefficient (Wildman–Crippen LogP) is 1.19. The summed E-state index contributed by atoms with van der Waals surface area (Å²) in [5.41, 5.74) is 0.730. The number of hydrogen-bond acceptors (Lipinski definition) is 5. The number of carbonyl (C=O) groups is 1. The lowest BCUT2D eigenvalue weighted by atomic mass is 10.1. The number of ketones is 1. The third-order valence-corrected chi connectivity index (χ3v) is 4.10. The van der Waals surface area contributed by atoms with Crippen molar-refractivity contribution in [2.75, 3.05) is 25.2 Å². The van der Waals surface area contributed by atoms with E-state index in [1.807, 2.05) is 6.07 Å². The molecule has 0 radical (unpaired) electrons. The minimum Gasteiger partial charge on any atom is -0.385 e. The number of hydrogen-bond donors (Lipinski definition) is 0. The van der Waals surface area contributed by atoms with Gasteiger partial charge in [0.2, 0.25) is 0 Å². The molecular formula is C13H15NO4S. The summed E-state index contributed by atoms with van der Waals surface area (Å²) in [6, 6.07) is 7.84. The van der Waals surface area contributed by atoms with Gasteiger partial charge in [0, 0.05) is 19.3 Å². The quantitative estimate of drug-likeness (QED) is 0.553. The Morgan fingerprint density at radius 2 is 1.95 bits per heavy atom. The Bertz CT molecular complexity index is 570. The number of nitrogens with zero attached hydrogens (tertiary/aromatic N) is 1. The van der Waals surface area contributed by atoms with E-state index in [0.29, 0.717) is 24.2 Å². The second-order valence-electron chi connectivity index (χ2n) is 4.05. The molecule has 0 amide bonds. The van der Waals surface area contributed by atoms with Crippen LogP contribution >= 0.6 is 0 Å². The molecule has 0 aliphatic carbocycles. The lowest BCUT2D eigenvalue weighted by Gasteiger charge is -2.04. The number of Topliss-reactive ketones (excluding diaryl/α,β-unsaturated/α-hetero) is 1. The molecule has 102 valence electrons. The Balaban J connectivity index is 2.65. The normalized spacial score (nSPS) is 10.9. The zero-order chi connectivity index (χ0) is 14.3. The van der Waals surface area contributed by atoms with Gasteiger partial charge in [-0.25, -0.2) is 8.42 Å². The molecular weight excluding hydrogens is 266 g/mol. The van der Waals surface area contributed by atoms with Gasteiger partial charge in [-0.2, -0.15) is 5.26 Å². The van der Waals surface area contributed by atoms with E-state index in [4.69, 9.17) is 10.00 Å². The van der Waals surface area contributed by atoms with Crippen molar-refractivity contribution in [1.82, 2.24) is 0 Å². The molecule has 0 saturated heterocycles. The monoisotopic (exact) mass is 281 g/mol. The van der Waals surface area contributed by atoms with Crippen molar-refractivity contribution in [3.05, 3.63) is 35.4 Å². The highest BCUT2D eigenvalue weighted by molar-refractivity contribution is 7.92. The van der Waals surface area contributed by atoms with E-state index in [0.717, 1.165) is 0 Å². The number of nitriles is 1. The van der Waals surface area contributed by atoms with Gasteiger partial charge in [0.25, 0.3) is 0 Å². The molecule has 5 nitrogen and oxygen atoms in total. The van der Waals surface area contributed by atoms with E-state index in [9.17, 15) is 13.2 Å².